The Morgan fingerprint density at radius 1 is 1.04 bits per heavy atom. The second kappa shape index (κ2) is 8.42. The fourth-order valence-corrected chi connectivity index (χ4v) is 5.17. The number of hydrazine groups is 1. The van der Waals surface area contributed by atoms with Crippen LogP contribution in [0, 0.1) is 6.92 Å². The third-order valence-electron chi connectivity index (χ3n) is 5.02. The number of rotatable bonds is 5. The first kappa shape index (κ1) is 19.9. The van der Waals surface area contributed by atoms with Gasteiger partial charge in [0.15, 0.2) is 0 Å². The molecule has 1 saturated carbocycles. The average Bonchev–Trinajstić information content (AvgIpc) is 2.68. The Kier molecular flexibility index (Phi) is 6.19. The van der Waals surface area contributed by atoms with Crippen LogP contribution in [0.25, 0.3) is 11.1 Å². The first-order valence-corrected chi connectivity index (χ1v) is 11.0. The van der Waals surface area contributed by atoms with E-state index in [4.69, 9.17) is 11.6 Å². The largest absolute Gasteiger partial charge is 0.274 e. The van der Waals surface area contributed by atoms with Gasteiger partial charge in [0.2, 0.25) is 10.0 Å². The topological polar surface area (TPSA) is 75.3 Å². The summed E-state index contributed by atoms with van der Waals surface area (Å²) in [6.45, 7) is 1.80. The van der Waals surface area contributed by atoms with Gasteiger partial charge in [0.25, 0.3) is 5.91 Å². The fourth-order valence-electron chi connectivity index (χ4n) is 3.53. The van der Waals surface area contributed by atoms with Crippen LogP contribution in [0.3, 0.4) is 0 Å². The van der Waals surface area contributed by atoms with Crippen molar-refractivity contribution in [3.8, 4) is 11.1 Å². The molecule has 0 saturated heterocycles. The number of halogens is 1. The summed E-state index contributed by atoms with van der Waals surface area (Å²) in [6, 6.07) is 13.2. The molecule has 7 heteroatoms. The maximum absolute atomic E-state index is 12.7. The van der Waals surface area contributed by atoms with E-state index < -0.39 is 21.2 Å². The Morgan fingerprint density at radius 2 is 1.70 bits per heavy atom. The molecule has 2 N–H and O–H groups in total. The van der Waals surface area contributed by atoms with Crippen LogP contribution in [0.2, 0.25) is 5.02 Å². The third-order valence-corrected chi connectivity index (χ3v) is 7.07. The normalized spacial score (nSPS) is 15.5. The number of carbonyl (C=O) groups excluding carboxylic acids is 1. The summed E-state index contributed by atoms with van der Waals surface area (Å²) in [5.74, 6) is -0.560. The summed E-state index contributed by atoms with van der Waals surface area (Å²) in [4.78, 5) is 14.9. The highest BCUT2D eigenvalue weighted by atomic mass is 35.5. The first-order chi connectivity index (χ1) is 12.9. The van der Waals surface area contributed by atoms with Crippen LogP contribution in [0.1, 0.15) is 48.0 Å². The van der Waals surface area contributed by atoms with Crippen LogP contribution in [-0.2, 0) is 10.0 Å². The summed E-state index contributed by atoms with van der Waals surface area (Å²) < 4.78 is 24.8. The molecule has 27 heavy (non-hydrogen) atoms. The Balaban J connectivity index is 1.80. The second-order valence-electron chi connectivity index (χ2n) is 6.82. The molecule has 2 aromatic carbocycles. The highest BCUT2D eigenvalue weighted by Crippen LogP contribution is 2.30. The van der Waals surface area contributed by atoms with Crippen molar-refractivity contribution in [3.05, 3.63) is 58.6 Å². The lowest BCUT2D eigenvalue weighted by Crippen LogP contribution is -2.46. The van der Waals surface area contributed by atoms with Gasteiger partial charge in [-0.15, -0.1) is 4.83 Å². The fraction of sp³-hybridized carbons (Fsp3) is 0.350. The van der Waals surface area contributed by atoms with Gasteiger partial charge in [-0.3, -0.25) is 10.2 Å². The van der Waals surface area contributed by atoms with E-state index in [1.807, 2.05) is 36.4 Å². The van der Waals surface area contributed by atoms with E-state index in [-0.39, 0.29) is 10.6 Å². The quantitative estimate of drug-likeness (QED) is 0.730. The number of carbonyl (C=O) groups is 1. The van der Waals surface area contributed by atoms with E-state index in [9.17, 15) is 13.2 Å². The highest BCUT2D eigenvalue weighted by molar-refractivity contribution is 7.90. The van der Waals surface area contributed by atoms with Crippen molar-refractivity contribution >= 4 is 27.5 Å². The molecule has 5 nitrogen and oxygen atoms in total. The highest BCUT2D eigenvalue weighted by Gasteiger charge is 2.28. The minimum atomic E-state index is -3.60. The zero-order valence-electron chi connectivity index (χ0n) is 15.2. The predicted octanol–water partition coefficient (Wildman–Crippen LogP) is 4.21. The molecule has 0 atom stereocenters. The number of benzene rings is 2. The van der Waals surface area contributed by atoms with Crippen molar-refractivity contribution in [1.29, 1.82) is 0 Å². The van der Waals surface area contributed by atoms with Gasteiger partial charge >= 0.3 is 0 Å². The van der Waals surface area contributed by atoms with Crippen LogP contribution >= 0.6 is 11.6 Å². The number of hydrogen-bond acceptors (Lipinski definition) is 3. The van der Waals surface area contributed by atoms with Crippen molar-refractivity contribution in [3.63, 3.8) is 0 Å². The Morgan fingerprint density at radius 3 is 2.37 bits per heavy atom. The first-order valence-electron chi connectivity index (χ1n) is 9.05. The molecule has 0 aliphatic heterocycles. The van der Waals surface area contributed by atoms with E-state index in [1.54, 1.807) is 13.0 Å². The van der Waals surface area contributed by atoms with Gasteiger partial charge in [0, 0.05) is 0 Å². The van der Waals surface area contributed by atoms with Gasteiger partial charge in [-0.2, -0.15) is 0 Å². The standard InChI is InChI=1S/C20H23ClN2O3S/c1-14-17(15-8-4-2-5-9-15)12-13-18(21)19(14)20(24)22-23-27(25,26)16-10-6-3-7-11-16/h2,4-5,8-9,12-13,16,23H,3,6-7,10-11H2,1H3,(H,22,24). The molecule has 0 aromatic heterocycles. The van der Waals surface area contributed by atoms with E-state index in [0.29, 0.717) is 18.4 Å². The molecule has 0 spiro atoms. The van der Waals surface area contributed by atoms with Crippen molar-refractivity contribution in [2.45, 2.75) is 44.3 Å². The van der Waals surface area contributed by atoms with E-state index in [2.05, 4.69) is 10.3 Å². The molecule has 0 unspecified atom stereocenters. The predicted molar refractivity (Wildman–Crippen MR) is 108 cm³/mol. The lowest BCUT2D eigenvalue weighted by Gasteiger charge is -2.22. The van der Waals surface area contributed by atoms with E-state index in [0.717, 1.165) is 30.4 Å². The van der Waals surface area contributed by atoms with Crippen molar-refractivity contribution in [2.75, 3.05) is 0 Å². The zero-order chi connectivity index (χ0) is 19.4. The number of nitrogens with one attached hydrogen (secondary N) is 2. The Labute approximate surface area is 165 Å². The van der Waals surface area contributed by atoms with Crippen LogP contribution in [0.4, 0.5) is 0 Å². The minimum absolute atomic E-state index is 0.268. The minimum Gasteiger partial charge on any atom is -0.274 e. The summed E-state index contributed by atoms with van der Waals surface area (Å²) >= 11 is 6.24. The smallest absolute Gasteiger partial charge is 0.268 e. The molecule has 2 aromatic rings. The molecule has 1 fully saturated rings. The molecular formula is C20H23ClN2O3S. The van der Waals surface area contributed by atoms with Crippen molar-refractivity contribution < 1.29 is 13.2 Å². The number of hydrogen-bond donors (Lipinski definition) is 2. The summed E-state index contributed by atoms with van der Waals surface area (Å²) in [5, 5.41) is -0.180. The lowest BCUT2D eigenvalue weighted by molar-refractivity contribution is 0.0944. The molecular weight excluding hydrogens is 384 g/mol. The van der Waals surface area contributed by atoms with Gasteiger partial charge < -0.3 is 0 Å². The molecule has 0 bridgehead atoms. The van der Waals surface area contributed by atoms with Crippen LogP contribution in [-0.4, -0.2) is 19.6 Å². The summed E-state index contributed by atoms with van der Waals surface area (Å²) in [7, 11) is -3.60. The molecule has 0 radical (unpaired) electrons. The monoisotopic (exact) mass is 406 g/mol. The molecule has 1 aliphatic carbocycles. The molecule has 3 rings (SSSR count). The number of sulfonamides is 1. The maximum Gasteiger partial charge on any atom is 0.268 e. The van der Waals surface area contributed by atoms with Crippen molar-refractivity contribution in [1.82, 2.24) is 10.3 Å². The molecule has 1 amide bonds. The van der Waals surface area contributed by atoms with E-state index >= 15 is 0 Å². The van der Waals surface area contributed by atoms with Crippen LogP contribution in [0.5, 0.6) is 0 Å². The Hall–Kier alpha value is -1.89. The molecule has 1 aliphatic rings. The van der Waals surface area contributed by atoms with Crippen LogP contribution in [0.15, 0.2) is 42.5 Å². The molecule has 144 valence electrons. The third kappa shape index (κ3) is 4.51. The summed E-state index contributed by atoms with van der Waals surface area (Å²) in [6.07, 6.45) is 4.08. The Bertz CT molecular complexity index is 924. The van der Waals surface area contributed by atoms with Crippen molar-refractivity contribution in [2.24, 2.45) is 0 Å². The SMILES string of the molecule is Cc1c(-c2ccccc2)ccc(Cl)c1C(=O)NNS(=O)(=O)C1CCCCC1. The van der Waals surface area contributed by atoms with Gasteiger partial charge in [0.1, 0.15) is 0 Å². The lowest BCUT2D eigenvalue weighted by atomic mass is 9.96. The van der Waals surface area contributed by atoms with Gasteiger partial charge in [-0.25, -0.2) is 8.42 Å². The zero-order valence-corrected chi connectivity index (χ0v) is 16.7. The average molecular weight is 407 g/mol. The van der Waals surface area contributed by atoms with Gasteiger partial charge in [0.05, 0.1) is 15.8 Å². The van der Waals surface area contributed by atoms with Gasteiger partial charge in [-0.05, 0) is 42.5 Å². The summed E-state index contributed by atoms with van der Waals surface area (Å²) in [5.41, 5.74) is 5.14. The van der Waals surface area contributed by atoms with Crippen LogP contribution < -0.4 is 10.3 Å². The molecule has 0 heterocycles. The number of amides is 1. The van der Waals surface area contributed by atoms with Gasteiger partial charge in [-0.1, -0.05) is 67.3 Å². The second-order valence-corrected chi connectivity index (χ2v) is 9.19. The van der Waals surface area contributed by atoms with E-state index in [1.165, 1.54) is 0 Å². The maximum atomic E-state index is 12.7.